The first kappa shape index (κ1) is 15.4. The lowest BCUT2D eigenvalue weighted by atomic mass is 9.84. The van der Waals surface area contributed by atoms with Gasteiger partial charge in [-0.2, -0.15) is 0 Å². The van der Waals surface area contributed by atoms with Gasteiger partial charge in [0.1, 0.15) is 0 Å². The molecule has 1 aliphatic rings. The van der Waals surface area contributed by atoms with Crippen molar-refractivity contribution in [2.45, 2.75) is 32.1 Å². The Morgan fingerprint density at radius 2 is 1.72 bits per heavy atom. The van der Waals surface area contributed by atoms with Gasteiger partial charge in [-0.3, -0.25) is 4.79 Å². The Balaban J connectivity index is 2.63. The van der Waals surface area contributed by atoms with Gasteiger partial charge in [0.15, 0.2) is 0 Å². The highest BCUT2D eigenvalue weighted by Gasteiger charge is 2.69. The zero-order valence-electron chi connectivity index (χ0n) is 11.4. The lowest BCUT2D eigenvalue weighted by Gasteiger charge is -2.22. The summed E-state index contributed by atoms with van der Waals surface area (Å²) < 4.78 is 10.1. The quantitative estimate of drug-likeness (QED) is 0.577. The maximum absolute atomic E-state index is 11.5. The molecule has 5 heteroatoms. The minimum absolute atomic E-state index is 0.148. The fourth-order valence-corrected chi connectivity index (χ4v) is 3.10. The minimum atomic E-state index is -0.750. The van der Waals surface area contributed by atoms with Crippen molar-refractivity contribution in [2.75, 3.05) is 34.0 Å². The van der Waals surface area contributed by atoms with E-state index in [0.717, 1.165) is 25.7 Å². The Kier molecular flexibility index (Phi) is 5.56. The zero-order valence-corrected chi connectivity index (χ0v) is 11.4. The van der Waals surface area contributed by atoms with Crippen molar-refractivity contribution in [1.82, 2.24) is 0 Å². The Morgan fingerprint density at radius 1 is 1.22 bits per heavy atom. The number of nitrogens with two attached hydrogens (primary N) is 1. The maximum Gasteiger partial charge on any atom is 0.311 e. The van der Waals surface area contributed by atoms with Crippen LogP contribution >= 0.6 is 0 Å². The second kappa shape index (κ2) is 6.50. The number of hydrogen-bond acceptors (Lipinski definition) is 4. The molecule has 0 aromatic carbocycles. The lowest BCUT2D eigenvalue weighted by Crippen LogP contribution is -2.32. The molecule has 1 fully saturated rings. The van der Waals surface area contributed by atoms with Gasteiger partial charge in [0.2, 0.25) is 0 Å². The van der Waals surface area contributed by atoms with E-state index in [1.165, 1.54) is 0 Å². The Bertz CT molecular complexity index is 272. The van der Waals surface area contributed by atoms with Crippen molar-refractivity contribution >= 4 is 5.97 Å². The van der Waals surface area contributed by atoms with Crippen molar-refractivity contribution in [3.8, 4) is 0 Å². The maximum atomic E-state index is 11.5. The number of ether oxygens (including phenoxy) is 2. The second-order valence-corrected chi connectivity index (χ2v) is 5.24. The molecule has 0 aliphatic heterocycles. The van der Waals surface area contributed by atoms with Crippen LogP contribution in [0.4, 0.5) is 0 Å². The van der Waals surface area contributed by atoms with Crippen LogP contribution in [0, 0.1) is 10.8 Å². The van der Waals surface area contributed by atoms with Gasteiger partial charge in [-0.15, -0.1) is 0 Å². The molecule has 3 N–H and O–H groups in total. The van der Waals surface area contributed by atoms with Crippen LogP contribution in [0.15, 0.2) is 0 Å². The summed E-state index contributed by atoms with van der Waals surface area (Å²) in [4.78, 5) is 11.5. The van der Waals surface area contributed by atoms with Gasteiger partial charge in [-0.1, -0.05) is 0 Å². The summed E-state index contributed by atoms with van der Waals surface area (Å²) in [5, 5.41) is 9.41. The summed E-state index contributed by atoms with van der Waals surface area (Å²) in [5.74, 6) is -0.750. The fourth-order valence-electron chi connectivity index (χ4n) is 3.10. The van der Waals surface area contributed by atoms with Crippen molar-refractivity contribution in [3.63, 3.8) is 0 Å². The first-order valence-corrected chi connectivity index (χ1v) is 6.50. The summed E-state index contributed by atoms with van der Waals surface area (Å²) >= 11 is 0. The normalized spacial score (nSPS) is 25.1. The second-order valence-electron chi connectivity index (χ2n) is 5.24. The molecule has 0 spiro atoms. The number of aliphatic carboxylic acids is 1. The highest BCUT2D eigenvalue weighted by molar-refractivity contribution is 5.80. The number of rotatable bonds is 10. The van der Waals surface area contributed by atoms with Crippen LogP contribution in [0.3, 0.4) is 0 Å². The van der Waals surface area contributed by atoms with Crippen LogP contribution in [0.2, 0.25) is 0 Å². The third kappa shape index (κ3) is 2.84. The van der Waals surface area contributed by atoms with E-state index >= 15 is 0 Å². The molecule has 0 aromatic heterocycles. The summed E-state index contributed by atoms with van der Waals surface area (Å²) in [6.45, 7) is 1.57. The molecule has 0 aromatic rings. The van der Waals surface area contributed by atoms with E-state index in [0.29, 0.717) is 19.6 Å². The number of methoxy groups -OCH3 is 2. The van der Waals surface area contributed by atoms with Crippen LogP contribution < -0.4 is 5.73 Å². The molecule has 0 heterocycles. The van der Waals surface area contributed by atoms with E-state index in [2.05, 4.69) is 0 Å². The van der Waals surface area contributed by atoms with Gasteiger partial charge in [-0.25, -0.2) is 0 Å². The number of carbonyl (C=O) groups is 1. The molecule has 1 aliphatic carbocycles. The molecule has 1 unspecified atom stereocenters. The van der Waals surface area contributed by atoms with Crippen LogP contribution in [-0.2, 0) is 14.3 Å². The van der Waals surface area contributed by atoms with Gasteiger partial charge in [0.05, 0.1) is 5.41 Å². The first-order valence-electron chi connectivity index (χ1n) is 6.50. The Morgan fingerprint density at radius 3 is 2.00 bits per heavy atom. The van der Waals surface area contributed by atoms with Crippen molar-refractivity contribution in [1.29, 1.82) is 0 Å². The number of hydrogen-bond donors (Lipinski definition) is 2. The molecule has 1 rings (SSSR count). The third-order valence-corrected chi connectivity index (χ3v) is 4.30. The van der Waals surface area contributed by atoms with Crippen LogP contribution in [-0.4, -0.2) is 45.1 Å². The average molecular weight is 259 g/mol. The fraction of sp³-hybridized carbons (Fsp3) is 0.923. The van der Waals surface area contributed by atoms with Crippen molar-refractivity contribution in [3.05, 3.63) is 0 Å². The highest BCUT2D eigenvalue weighted by Crippen LogP contribution is 2.68. The molecular formula is C13H25NO4. The van der Waals surface area contributed by atoms with Gasteiger partial charge in [0, 0.05) is 34.0 Å². The molecule has 106 valence electrons. The van der Waals surface area contributed by atoms with Crippen molar-refractivity contribution < 1.29 is 19.4 Å². The Hall–Kier alpha value is -0.650. The van der Waals surface area contributed by atoms with Crippen LogP contribution in [0.1, 0.15) is 32.1 Å². The average Bonchev–Trinajstić information content (AvgIpc) is 3.00. The summed E-state index contributed by atoms with van der Waals surface area (Å²) in [6.07, 6.45) is 4.21. The molecule has 5 nitrogen and oxygen atoms in total. The molecule has 0 saturated heterocycles. The predicted molar refractivity (Wildman–Crippen MR) is 68.4 cm³/mol. The largest absolute Gasteiger partial charge is 0.481 e. The third-order valence-electron chi connectivity index (χ3n) is 4.30. The van der Waals surface area contributed by atoms with Gasteiger partial charge < -0.3 is 20.3 Å². The van der Waals surface area contributed by atoms with E-state index < -0.39 is 11.4 Å². The molecule has 18 heavy (non-hydrogen) atoms. The summed E-state index contributed by atoms with van der Waals surface area (Å²) in [6, 6.07) is 0. The predicted octanol–water partition coefficient (Wildman–Crippen LogP) is 1.26. The zero-order chi connectivity index (χ0) is 13.6. The van der Waals surface area contributed by atoms with Crippen LogP contribution in [0.25, 0.3) is 0 Å². The topological polar surface area (TPSA) is 81.8 Å². The van der Waals surface area contributed by atoms with Gasteiger partial charge >= 0.3 is 5.97 Å². The molecule has 0 radical (unpaired) electrons. The molecule has 1 atom stereocenters. The van der Waals surface area contributed by atoms with E-state index in [4.69, 9.17) is 15.2 Å². The monoisotopic (exact) mass is 259 g/mol. The molecule has 0 amide bonds. The van der Waals surface area contributed by atoms with E-state index in [1.807, 2.05) is 0 Å². The smallest absolute Gasteiger partial charge is 0.311 e. The first-order chi connectivity index (χ1) is 8.58. The standard InChI is InChI=1S/C13H25NO4/c1-17-7-3-5-12(6-4-8-18-2)9-13(12,10-14)11(15)16/h3-10,14H2,1-2H3,(H,15,16). The Labute approximate surface area is 109 Å². The van der Waals surface area contributed by atoms with E-state index in [1.54, 1.807) is 14.2 Å². The molecule has 1 saturated carbocycles. The summed E-state index contributed by atoms with van der Waals surface area (Å²) in [5.41, 5.74) is 4.85. The van der Waals surface area contributed by atoms with E-state index in [-0.39, 0.29) is 12.0 Å². The summed E-state index contributed by atoms with van der Waals surface area (Å²) in [7, 11) is 3.33. The van der Waals surface area contributed by atoms with Gasteiger partial charge in [-0.05, 0) is 37.5 Å². The van der Waals surface area contributed by atoms with Crippen molar-refractivity contribution in [2.24, 2.45) is 16.6 Å². The highest BCUT2D eigenvalue weighted by atomic mass is 16.5. The number of carboxylic acid groups (broad SMARTS) is 1. The SMILES string of the molecule is COCCCC1(CCCOC)CC1(CN)C(=O)O. The minimum Gasteiger partial charge on any atom is -0.481 e. The molecule has 0 bridgehead atoms. The lowest BCUT2D eigenvalue weighted by molar-refractivity contribution is -0.144. The van der Waals surface area contributed by atoms with Gasteiger partial charge in [0.25, 0.3) is 0 Å². The van der Waals surface area contributed by atoms with Crippen LogP contribution in [0.5, 0.6) is 0 Å². The number of carboxylic acids is 1. The van der Waals surface area contributed by atoms with E-state index in [9.17, 15) is 9.90 Å². The molecular weight excluding hydrogens is 234 g/mol.